The van der Waals surface area contributed by atoms with Gasteiger partial charge >= 0.3 is 0 Å². The summed E-state index contributed by atoms with van der Waals surface area (Å²) in [5.41, 5.74) is 7.40. The number of nitrogen functional groups attached to an aromatic ring is 1. The van der Waals surface area contributed by atoms with Crippen molar-refractivity contribution in [1.29, 1.82) is 0 Å². The minimum absolute atomic E-state index is 0.250. The zero-order valence-electron chi connectivity index (χ0n) is 7.55. The molecule has 0 heterocycles. The first-order valence-corrected chi connectivity index (χ1v) is 4.87. The Morgan fingerprint density at radius 1 is 1.62 bits per heavy atom. The minimum atomic E-state index is 0.250. The van der Waals surface area contributed by atoms with Crippen molar-refractivity contribution >= 4 is 27.3 Å². The zero-order valence-corrected chi connectivity index (χ0v) is 9.14. The van der Waals surface area contributed by atoms with Crippen molar-refractivity contribution in [3.8, 4) is 0 Å². The van der Waals surface area contributed by atoms with Crippen LogP contribution in [0.1, 0.15) is 6.92 Å². The standard InChI is InChI=1S/C10H13BrN2/c1-3-7(2)13-10-5-4-8(12)6-9(10)11/h3-7,13H,1,12H2,2H3. The average molecular weight is 241 g/mol. The first-order chi connectivity index (χ1) is 6.13. The van der Waals surface area contributed by atoms with Gasteiger partial charge in [-0.15, -0.1) is 6.58 Å². The lowest BCUT2D eigenvalue weighted by Crippen LogP contribution is -2.11. The van der Waals surface area contributed by atoms with Crippen LogP contribution in [-0.2, 0) is 0 Å². The highest BCUT2D eigenvalue weighted by Gasteiger charge is 2.01. The third kappa shape index (κ3) is 2.77. The minimum Gasteiger partial charge on any atom is -0.399 e. The molecule has 1 aromatic carbocycles. The molecule has 0 amide bonds. The number of nitrogens with one attached hydrogen (secondary N) is 1. The Bertz CT molecular complexity index is 310. The Morgan fingerprint density at radius 2 is 2.31 bits per heavy atom. The molecule has 1 unspecified atom stereocenters. The molecule has 0 saturated heterocycles. The van der Waals surface area contributed by atoms with E-state index in [1.807, 2.05) is 31.2 Å². The predicted molar refractivity (Wildman–Crippen MR) is 61.8 cm³/mol. The Kier molecular flexibility index (Phi) is 3.37. The highest BCUT2D eigenvalue weighted by molar-refractivity contribution is 9.10. The number of rotatable bonds is 3. The van der Waals surface area contributed by atoms with E-state index in [0.717, 1.165) is 15.8 Å². The Labute approximate surface area is 87.0 Å². The second-order valence-corrected chi connectivity index (χ2v) is 3.76. The summed E-state index contributed by atoms with van der Waals surface area (Å²) in [5.74, 6) is 0. The third-order valence-electron chi connectivity index (χ3n) is 1.73. The van der Waals surface area contributed by atoms with Crippen molar-refractivity contribution in [1.82, 2.24) is 0 Å². The maximum absolute atomic E-state index is 5.61. The summed E-state index contributed by atoms with van der Waals surface area (Å²) in [5, 5.41) is 3.27. The van der Waals surface area contributed by atoms with Gasteiger partial charge in [0.15, 0.2) is 0 Å². The average Bonchev–Trinajstić information content (AvgIpc) is 2.09. The molecule has 0 aliphatic rings. The maximum atomic E-state index is 5.61. The maximum Gasteiger partial charge on any atom is 0.0490 e. The van der Waals surface area contributed by atoms with Crippen LogP contribution in [0, 0.1) is 0 Å². The van der Waals surface area contributed by atoms with Gasteiger partial charge in [0.1, 0.15) is 0 Å². The number of hydrogen-bond acceptors (Lipinski definition) is 2. The van der Waals surface area contributed by atoms with E-state index >= 15 is 0 Å². The molecular weight excluding hydrogens is 228 g/mol. The van der Waals surface area contributed by atoms with Gasteiger partial charge in [0.05, 0.1) is 0 Å². The summed E-state index contributed by atoms with van der Waals surface area (Å²) in [6.07, 6.45) is 1.85. The van der Waals surface area contributed by atoms with Crippen LogP contribution in [0.5, 0.6) is 0 Å². The third-order valence-corrected chi connectivity index (χ3v) is 2.39. The molecule has 1 atom stereocenters. The Balaban J connectivity index is 2.83. The quantitative estimate of drug-likeness (QED) is 0.630. The van der Waals surface area contributed by atoms with Gasteiger partial charge in [-0.1, -0.05) is 6.08 Å². The van der Waals surface area contributed by atoms with Gasteiger partial charge in [0, 0.05) is 21.9 Å². The highest BCUT2D eigenvalue weighted by Crippen LogP contribution is 2.25. The Hall–Kier alpha value is -0.960. The van der Waals surface area contributed by atoms with Gasteiger partial charge in [-0.3, -0.25) is 0 Å². The molecule has 3 heteroatoms. The lowest BCUT2D eigenvalue weighted by Gasteiger charge is -2.12. The summed E-state index contributed by atoms with van der Waals surface area (Å²) >= 11 is 3.43. The molecule has 13 heavy (non-hydrogen) atoms. The lowest BCUT2D eigenvalue weighted by atomic mass is 10.2. The number of anilines is 2. The molecule has 0 bridgehead atoms. The first-order valence-electron chi connectivity index (χ1n) is 4.07. The van der Waals surface area contributed by atoms with E-state index in [0.29, 0.717) is 0 Å². The molecule has 0 aliphatic heterocycles. The molecular formula is C10H13BrN2. The van der Waals surface area contributed by atoms with Gasteiger partial charge in [-0.25, -0.2) is 0 Å². The smallest absolute Gasteiger partial charge is 0.0490 e. The van der Waals surface area contributed by atoms with Crippen LogP contribution in [-0.4, -0.2) is 6.04 Å². The van der Waals surface area contributed by atoms with E-state index in [1.54, 1.807) is 0 Å². The number of hydrogen-bond donors (Lipinski definition) is 2. The molecule has 0 aliphatic carbocycles. The van der Waals surface area contributed by atoms with Crippen molar-refractivity contribution in [2.75, 3.05) is 11.1 Å². The van der Waals surface area contributed by atoms with Gasteiger partial charge in [0.2, 0.25) is 0 Å². The van der Waals surface area contributed by atoms with Gasteiger partial charge in [-0.05, 0) is 41.1 Å². The molecule has 2 nitrogen and oxygen atoms in total. The van der Waals surface area contributed by atoms with Crippen molar-refractivity contribution in [2.24, 2.45) is 0 Å². The Morgan fingerprint density at radius 3 is 2.85 bits per heavy atom. The number of nitrogens with two attached hydrogens (primary N) is 1. The summed E-state index contributed by atoms with van der Waals surface area (Å²) in [7, 11) is 0. The lowest BCUT2D eigenvalue weighted by molar-refractivity contribution is 1.000. The van der Waals surface area contributed by atoms with Crippen molar-refractivity contribution < 1.29 is 0 Å². The normalized spacial score (nSPS) is 12.2. The number of halogens is 1. The highest BCUT2D eigenvalue weighted by atomic mass is 79.9. The zero-order chi connectivity index (χ0) is 9.84. The SMILES string of the molecule is C=CC(C)Nc1ccc(N)cc1Br. The fourth-order valence-electron chi connectivity index (χ4n) is 0.953. The largest absolute Gasteiger partial charge is 0.399 e. The van der Waals surface area contributed by atoms with Gasteiger partial charge in [0.25, 0.3) is 0 Å². The van der Waals surface area contributed by atoms with Crippen LogP contribution >= 0.6 is 15.9 Å². The van der Waals surface area contributed by atoms with Crippen molar-refractivity contribution in [2.45, 2.75) is 13.0 Å². The summed E-state index contributed by atoms with van der Waals surface area (Å²) < 4.78 is 0.973. The molecule has 0 spiro atoms. The molecule has 3 N–H and O–H groups in total. The summed E-state index contributed by atoms with van der Waals surface area (Å²) in [4.78, 5) is 0. The van der Waals surface area contributed by atoms with Crippen molar-refractivity contribution in [3.63, 3.8) is 0 Å². The van der Waals surface area contributed by atoms with Gasteiger partial charge < -0.3 is 11.1 Å². The second kappa shape index (κ2) is 4.33. The van der Waals surface area contributed by atoms with Crippen LogP contribution in [0.25, 0.3) is 0 Å². The molecule has 0 radical (unpaired) electrons. The molecule has 70 valence electrons. The fourth-order valence-corrected chi connectivity index (χ4v) is 1.46. The van der Waals surface area contributed by atoms with Gasteiger partial charge in [-0.2, -0.15) is 0 Å². The molecule has 0 fully saturated rings. The van der Waals surface area contributed by atoms with E-state index in [-0.39, 0.29) is 6.04 Å². The van der Waals surface area contributed by atoms with E-state index < -0.39 is 0 Å². The van der Waals surface area contributed by atoms with E-state index in [9.17, 15) is 0 Å². The fraction of sp³-hybridized carbons (Fsp3) is 0.200. The molecule has 1 rings (SSSR count). The molecule has 1 aromatic rings. The van der Waals surface area contributed by atoms with Crippen LogP contribution < -0.4 is 11.1 Å². The molecule has 0 aromatic heterocycles. The summed E-state index contributed by atoms with van der Waals surface area (Å²) in [6, 6.07) is 5.93. The predicted octanol–water partition coefficient (Wildman–Crippen LogP) is 3.02. The second-order valence-electron chi connectivity index (χ2n) is 2.91. The van der Waals surface area contributed by atoms with Crippen LogP contribution in [0.2, 0.25) is 0 Å². The first kappa shape index (κ1) is 10.1. The van der Waals surface area contributed by atoms with E-state index in [1.165, 1.54) is 0 Å². The van der Waals surface area contributed by atoms with E-state index in [2.05, 4.69) is 27.8 Å². The van der Waals surface area contributed by atoms with Crippen LogP contribution in [0.4, 0.5) is 11.4 Å². The topological polar surface area (TPSA) is 38.0 Å². The van der Waals surface area contributed by atoms with E-state index in [4.69, 9.17) is 5.73 Å². The summed E-state index contributed by atoms with van der Waals surface area (Å²) in [6.45, 7) is 5.74. The monoisotopic (exact) mass is 240 g/mol. The van der Waals surface area contributed by atoms with Crippen LogP contribution in [0.3, 0.4) is 0 Å². The molecule has 0 saturated carbocycles. The van der Waals surface area contributed by atoms with Crippen molar-refractivity contribution in [3.05, 3.63) is 35.3 Å². The number of benzene rings is 1. The van der Waals surface area contributed by atoms with Crippen LogP contribution in [0.15, 0.2) is 35.3 Å².